The Hall–Kier alpha value is -2.12. The van der Waals surface area contributed by atoms with Gasteiger partial charge in [0.15, 0.2) is 0 Å². The molecule has 1 saturated carbocycles. The van der Waals surface area contributed by atoms with Crippen molar-refractivity contribution in [2.24, 2.45) is 5.92 Å². The third kappa shape index (κ3) is 2.95. The minimum absolute atomic E-state index is 0.170. The van der Waals surface area contributed by atoms with Crippen molar-refractivity contribution in [3.63, 3.8) is 0 Å². The van der Waals surface area contributed by atoms with E-state index >= 15 is 0 Å². The smallest absolute Gasteiger partial charge is 0.243 e. The highest BCUT2D eigenvalue weighted by Gasteiger charge is 2.37. The topological polar surface area (TPSA) is 66.9 Å². The van der Waals surface area contributed by atoms with E-state index in [1.807, 2.05) is 18.2 Å². The Kier molecular flexibility index (Phi) is 4.36. The van der Waals surface area contributed by atoms with Gasteiger partial charge in [-0.25, -0.2) is 8.42 Å². The molecule has 1 saturated heterocycles. The third-order valence-electron chi connectivity index (χ3n) is 5.16. The van der Waals surface area contributed by atoms with Crippen LogP contribution < -0.4 is 4.74 Å². The van der Waals surface area contributed by atoms with Crippen molar-refractivity contribution in [1.29, 1.82) is 0 Å². The van der Waals surface area contributed by atoms with Crippen molar-refractivity contribution < 1.29 is 17.9 Å². The van der Waals surface area contributed by atoms with E-state index < -0.39 is 10.0 Å². The summed E-state index contributed by atoms with van der Waals surface area (Å²) in [7, 11) is -2.05. The average molecular weight is 374 g/mol. The Morgan fingerprint density at radius 2 is 1.65 bits per heavy atom. The summed E-state index contributed by atoms with van der Waals surface area (Å²) in [4.78, 5) is 14.3. The van der Waals surface area contributed by atoms with Crippen molar-refractivity contribution in [3.8, 4) is 5.75 Å². The molecular formula is C19H22N2O4S. The highest BCUT2D eigenvalue weighted by atomic mass is 32.2. The number of hydrogen-bond acceptors (Lipinski definition) is 4. The number of methoxy groups -OCH3 is 1. The molecule has 2 aromatic rings. The fraction of sp³-hybridized carbons (Fsp3) is 0.421. The highest BCUT2D eigenvalue weighted by Crippen LogP contribution is 2.34. The Morgan fingerprint density at radius 3 is 2.27 bits per heavy atom. The van der Waals surface area contributed by atoms with Gasteiger partial charge in [0.25, 0.3) is 0 Å². The van der Waals surface area contributed by atoms with Crippen molar-refractivity contribution in [1.82, 2.24) is 9.21 Å². The van der Waals surface area contributed by atoms with Gasteiger partial charge in [-0.05, 0) is 25.0 Å². The molecule has 1 heterocycles. The fourth-order valence-electron chi connectivity index (χ4n) is 3.52. The van der Waals surface area contributed by atoms with Crippen LogP contribution >= 0.6 is 0 Å². The lowest BCUT2D eigenvalue weighted by Crippen LogP contribution is -2.50. The molecule has 0 unspecified atom stereocenters. The van der Waals surface area contributed by atoms with Crippen LogP contribution in [0.25, 0.3) is 10.8 Å². The van der Waals surface area contributed by atoms with E-state index in [9.17, 15) is 13.2 Å². The lowest BCUT2D eigenvalue weighted by molar-refractivity contribution is -0.133. The Balaban J connectivity index is 1.61. The summed E-state index contributed by atoms with van der Waals surface area (Å²) in [6.45, 7) is 1.59. The molecule has 7 heteroatoms. The van der Waals surface area contributed by atoms with Gasteiger partial charge in [0.1, 0.15) is 5.75 Å². The van der Waals surface area contributed by atoms with Gasteiger partial charge in [-0.3, -0.25) is 4.79 Å². The molecule has 138 valence electrons. The zero-order valence-corrected chi connectivity index (χ0v) is 15.5. The van der Waals surface area contributed by atoms with Gasteiger partial charge < -0.3 is 9.64 Å². The number of ether oxygens (including phenoxy) is 1. The summed E-state index contributed by atoms with van der Waals surface area (Å²) in [5.74, 6) is 1.00. The molecule has 2 fully saturated rings. The number of carbonyl (C=O) groups is 1. The number of fused-ring (bicyclic) bond motifs is 1. The molecular weight excluding hydrogens is 352 g/mol. The van der Waals surface area contributed by atoms with Gasteiger partial charge in [-0.15, -0.1) is 0 Å². The highest BCUT2D eigenvalue weighted by molar-refractivity contribution is 7.89. The molecule has 0 atom stereocenters. The molecule has 1 aliphatic carbocycles. The first-order valence-corrected chi connectivity index (χ1v) is 10.3. The molecule has 0 radical (unpaired) electrons. The molecule has 2 aliphatic rings. The first-order valence-electron chi connectivity index (χ1n) is 8.87. The van der Waals surface area contributed by atoms with Crippen LogP contribution in [0.4, 0.5) is 0 Å². The Labute approximate surface area is 153 Å². The van der Waals surface area contributed by atoms with E-state index in [0.29, 0.717) is 37.3 Å². The molecule has 0 spiro atoms. The standard InChI is InChI=1S/C19H22N2O4S/c1-25-17-8-9-18(16-5-3-2-4-15(16)17)26(23,24)21-12-10-20(11-13-21)19(22)14-6-7-14/h2-5,8-9,14H,6-7,10-13H2,1H3. The molecule has 0 bridgehead atoms. The predicted octanol–water partition coefficient (Wildman–Crippen LogP) is 2.09. The average Bonchev–Trinajstić information content (AvgIpc) is 3.52. The van der Waals surface area contributed by atoms with Gasteiger partial charge in [0, 0.05) is 42.9 Å². The van der Waals surface area contributed by atoms with Gasteiger partial charge >= 0.3 is 0 Å². The quantitative estimate of drug-likeness (QED) is 0.822. The molecule has 0 N–H and O–H groups in total. The number of amides is 1. The van der Waals surface area contributed by atoms with E-state index in [1.54, 1.807) is 30.2 Å². The zero-order chi connectivity index (χ0) is 18.3. The molecule has 2 aromatic carbocycles. The van der Waals surface area contributed by atoms with E-state index in [0.717, 1.165) is 18.2 Å². The molecule has 1 aliphatic heterocycles. The summed E-state index contributed by atoms with van der Waals surface area (Å²) in [5.41, 5.74) is 0. The molecule has 26 heavy (non-hydrogen) atoms. The van der Waals surface area contributed by atoms with Crippen LogP contribution in [0.2, 0.25) is 0 Å². The van der Waals surface area contributed by atoms with E-state index in [1.165, 1.54) is 4.31 Å². The second kappa shape index (κ2) is 6.55. The SMILES string of the molecule is COc1ccc(S(=O)(=O)N2CCN(C(=O)C3CC3)CC2)c2ccccc12. The fourth-order valence-corrected chi connectivity index (χ4v) is 5.14. The summed E-state index contributed by atoms with van der Waals surface area (Å²) >= 11 is 0. The Morgan fingerprint density at radius 1 is 1.00 bits per heavy atom. The predicted molar refractivity (Wildman–Crippen MR) is 98.6 cm³/mol. The van der Waals surface area contributed by atoms with Gasteiger partial charge in [-0.2, -0.15) is 4.31 Å². The molecule has 0 aromatic heterocycles. The van der Waals surface area contributed by atoms with Crippen molar-refractivity contribution >= 4 is 26.7 Å². The van der Waals surface area contributed by atoms with E-state index in [-0.39, 0.29) is 16.7 Å². The number of hydrogen-bond donors (Lipinski definition) is 0. The summed E-state index contributed by atoms with van der Waals surface area (Å²) in [6.07, 6.45) is 1.93. The number of rotatable bonds is 4. The molecule has 1 amide bonds. The third-order valence-corrected chi connectivity index (χ3v) is 7.12. The number of sulfonamides is 1. The van der Waals surface area contributed by atoms with Crippen molar-refractivity contribution in [2.75, 3.05) is 33.3 Å². The number of benzene rings is 2. The Bertz CT molecular complexity index is 945. The van der Waals surface area contributed by atoms with Crippen LogP contribution in [0.15, 0.2) is 41.3 Å². The largest absolute Gasteiger partial charge is 0.496 e. The van der Waals surface area contributed by atoms with Gasteiger partial charge in [0.2, 0.25) is 15.9 Å². The van der Waals surface area contributed by atoms with Crippen LogP contribution in [0.3, 0.4) is 0 Å². The minimum Gasteiger partial charge on any atom is -0.496 e. The lowest BCUT2D eigenvalue weighted by Gasteiger charge is -2.34. The first kappa shape index (κ1) is 17.3. The van der Waals surface area contributed by atoms with Gasteiger partial charge in [0.05, 0.1) is 12.0 Å². The van der Waals surface area contributed by atoms with Crippen molar-refractivity contribution in [2.45, 2.75) is 17.7 Å². The van der Waals surface area contributed by atoms with Gasteiger partial charge in [-0.1, -0.05) is 24.3 Å². The summed E-state index contributed by atoms with van der Waals surface area (Å²) in [5, 5.41) is 1.43. The van der Waals surface area contributed by atoms with Crippen molar-refractivity contribution in [3.05, 3.63) is 36.4 Å². The van der Waals surface area contributed by atoms with Crippen LogP contribution in [-0.2, 0) is 14.8 Å². The second-order valence-electron chi connectivity index (χ2n) is 6.82. The zero-order valence-electron chi connectivity index (χ0n) is 14.7. The maximum Gasteiger partial charge on any atom is 0.243 e. The number of carbonyl (C=O) groups excluding carboxylic acids is 1. The summed E-state index contributed by atoms with van der Waals surface area (Å²) in [6, 6.07) is 10.7. The number of piperazine rings is 1. The number of nitrogens with zero attached hydrogens (tertiary/aromatic N) is 2. The maximum absolute atomic E-state index is 13.2. The molecule has 4 rings (SSSR count). The van der Waals surface area contributed by atoms with Crippen LogP contribution in [0, 0.1) is 5.92 Å². The van der Waals surface area contributed by atoms with Crippen LogP contribution in [0.1, 0.15) is 12.8 Å². The first-order chi connectivity index (χ1) is 12.5. The van der Waals surface area contributed by atoms with E-state index in [2.05, 4.69) is 0 Å². The van der Waals surface area contributed by atoms with Crippen LogP contribution in [0.5, 0.6) is 5.75 Å². The normalized spacial score (nSPS) is 18.9. The maximum atomic E-state index is 13.2. The van der Waals surface area contributed by atoms with E-state index in [4.69, 9.17) is 4.74 Å². The summed E-state index contributed by atoms with van der Waals surface area (Å²) < 4.78 is 33.3. The second-order valence-corrected chi connectivity index (χ2v) is 8.72. The lowest BCUT2D eigenvalue weighted by atomic mass is 10.1. The minimum atomic E-state index is -3.63. The monoisotopic (exact) mass is 374 g/mol. The molecule has 6 nitrogen and oxygen atoms in total. The van der Waals surface area contributed by atoms with Crippen LogP contribution in [-0.4, -0.2) is 56.8 Å².